The Bertz CT molecular complexity index is 867. The Morgan fingerprint density at radius 1 is 1.04 bits per heavy atom. The van der Waals surface area contributed by atoms with Gasteiger partial charge in [0.2, 0.25) is 5.91 Å². The average molecular weight is 375 g/mol. The molecule has 2 aromatic carbocycles. The van der Waals surface area contributed by atoms with Crippen molar-refractivity contribution in [2.75, 3.05) is 0 Å². The molecule has 1 aliphatic rings. The van der Waals surface area contributed by atoms with Crippen molar-refractivity contribution in [3.63, 3.8) is 0 Å². The van der Waals surface area contributed by atoms with Crippen molar-refractivity contribution >= 4 is 17.6 Å². The lowest BCUT2D eigenvalue weighted by Crippen LogP contribution is -2.63. The van der Waals surface area contributed by atoms with E-state index in [1.807, 2.05) is 0 Å². The van der Waals surface area contributed by atoms with E-state index in [0.717, 1.165) is 5.56 Å². The van der Waals surface area contributed by atoms with Crippen LogP contribution in [0.25, 0.3) is 0 Å². The molecule has 0 saturated heterocycles. The van der Waals surface area contributed by atoms with Crippen molar-refractivity contribution in [1.29, 1.82) is 0 Å². The molecule has 2 amide bonds. The van der Waals surface area contributed by atoms with Gasteiger partial charge in [0.15, 0.2) is 0 Å². The largest absolute Gasteiger partial charge is 0.442 e. The number of hydrogen-bond donors (Lipinski definition) is 2. The third kappa shape index (κ3) is 3.84. The third-order valence-corrected chi connectivity index (χ3v) is 4.10. The van der Waals surface area contributed by atoms with E-state index in [0.29, 0.717) is 5.56 Å². The molecule has 0 aromatic heterocycles. The summed E-state index contributed by atoms with van der Waals surface area (Å²) in [6.07, 6.45) is -5.04. The Morgan fingerprint density at radius 2 is 1.63 bits per heavy atom. The molecule has 0 unspecified atom stereocenters. The number of aliphatic imine (C=N–C) groups is 1. The van der Waals surface area contributed by atoms with Crippen LogP contribution >= 0.6 is 0 Å². The van der Waals surface area contributed by atoms with Crippen LogP contribution in [0.4, 0.5) is 13.2 Å². The summed E-state index contributed by atoms with van der Waals surface area (Å²) < 4.78 is 41.1. The van der Waals surface area contributed by atoms with Gasteiger partial charge in [0.25, 0.3) is 5.91 Å². The number of halogens is 3. The molecular weight excluding hydrogens is 359 g/mol. The first-order valence-electron chi connectivity index (χ1n) is 8.20. The van der Waals surface area contributed by atoms with Crippen molar-refractivity contribution in [1.82, 2.24) is 10.6 Å². The molecule has 2 N–H and O–H groups in total. The number of benzene rings is 2. The molecule has 27 heavy (non-hydrogen) atoms. The van der Waals surface area contributed by atoms with E-state index in [4.69, 9.17) is 0 Å². The standard InChI is InChI=1S/C19H16F3N3O2/c20-19(21,22)18(24-15(26)12-11-13-7-3-1-4-8-13)17(27)23-16(25-18)14-9-5-2-6-10-14/h1-10H,11-12H2,(H,24,26)(H,23,25,27)/t18-/m0/s1. The minimum atomic E-state index is -5.09. The zero-order chi connectivity index (χ0) is 19.5. The molecule has 2 aromatic rings. The van der Waals surface area contributed by atoms with Gasteiger partial charge < -0.3 is 10.6 Å². The molecule has 1 aliphatic heterocycles. The van der Waals surface area contributed by atoms with Gasteiger partial charge in [-0.05, 0) is 12.0 Å². The van der Waals surface area contributed by atoms with Crippen LogP contribution in [0.3, 0.4) is 0 Å². The fourth-order valence-corrected chi connectivity index (χ4v) is 2.69. The lowest BCUT2D eigenvalue weighted by molar-refractivity contribution is -0.197. The minimum Gasteiger partial charge on any atom is -0.316 e. The number of rotatable bonds is 5. The van der Waals surface area contributed by atoms with E-state index in [9.17, 15) is 22.8 Å². The highest BCUT2D eigenvalue weighted by molar-refractivity contribution is 6.16. The summed E-state index contributed by atoms with van der Waals surface area (Å²) >= 11 is 0. The number of amidine groups is 1. The van der Waals surface area contributed by atoms with Crippen LogP contribution in [0.15, 0.2) is 65.7 Å². The van der Waals surface area contributed by atoms with Crippen molar-refractivity contribution in [3.05, 3.63) is 71.8 Å². The molecule has 0 saturated carbocycles. The molecule has 8 heteroatoms. The summed E-state index contributed by atoms with van der Waals surface area (Å²) in [7, 11) is 0. The molecule has 5 nitrogen and oxygen atoms in total. The molecular formula is C19H16F3N3O2. The molecule has 1 atom stereocenters. The van der Waals surface area contributed by atoms with Gasteiger partial charge in [0.05, 0.1) is 0 Å². The Balaban J connectivity index is 1.82. The lowest BCUT2D eigenvalue weighted by atomic mass is 10.1. The molecule has 0 fully saturated rings. The molecule has 0 aliphatic carbocycles. The Hall–Kier alpha value is -3.16. The van der Waals surface area contributed by atoms with Crippen LogP contribution in [0, 0.1) is 0 Å². The van der Waals surface area contributed by atoms with Crippen LogP contribution in [0.1, 0.15) is 17.5 Å². The van der Waals surface area contributed by atoms with Gasteiger partial charge in [-0.2, -0.15) is 13.2 Å². The fraction of sp³-hybridized carbons (Fsp3) is 0.211. The second kappa shape index (κ2) is 7.22. The summed E-state index contributed by atoms with van der Waals surface area (Å²) in [5.74, 6) is -2.58. The highest BCUT2D eigenvalue weighted by Crippen LogP contribution is 2.35. The maximum Gasteiger partial charge on any atom is 0.442 e. The minimum absolute atomic E-state index is 0.203. The maximum absolute atomic E-state index is 13.7. The quantitative estimate of drug-likeness (QED) is 0.843. The maximum atomic E-state index is 13.7. The number of carbonyl (C=O) groups excluding carboxylic acids is 2. The number of aryl methyl sites for hydroxylation is 1. The van der Waals surface area contributed by atoms with Crippen LogP contribution in [0.5, 0.6) is 0 Å². The van der Waals surface area contributed by atoms with Gasteiger partial charge in [-0.1, -0.05) is 60.7 Å². The zero-order valence-electron chi connectivity index (χ0n) is 14.1. The van der Waals surface area contributed by atoms with Crippen LogP contribution in [-0.2, 0) is 16.0 Å². The van der Waals surface area contributed by atoms with E-state index in [1.165, 1.54) is 12.1 Å². The summed E-state index contributed by atoms with van der Waals surface area (Å²) in [5, 5.41) is 3.91. The highest BCUT2D eigenvalue weighted by atomic mass is 19.4. The second-order valence-corrected chi connectivity index (χ2v) is 6.02. The monoisotopic (exact) mass is 375 g/mol. The second-order valence-electron chi connectivity index (χ2n) is 6.02. The normalized spacial score (nSPS) is 19.4. The Kier molecular flexibility index (Phi) is 4.98. The molecule has 0 bridgehead atoms. The number of nitrogens with one attached hydrogen (secondary N) is 2. The van der Waals surface area contributed by atoms with Gasteiger partial charge in [-0.25, -0.2) is 4.99 Å². The van der Waals surface area contributed by atoms with Crippen molar-refractivity contribution in [2.45, 2.75) is 24.7 Å². The van der Waals surface area contributed by atoms with E-state index in [1.54, 1.807) is 53.8 Å². The predicted octanol–water partition coefficient (Wildman–Crippen LogP) is 2.57. The van der Waals surface area contributed by atoms with Gasteiger partial charge in [0, 0.05) is 12.0 Å². The Morgan fingerprint density at radius 3 is 2.22 bits per heavy atom. The number of alkyl halides is 3. The van der Waals surface area contributed by atoms with Crippen LogP contribution in [-0.4, -0.2) is 29.5 Å². The number of hydrogen-bond acceptors (Lipinski definition) is 3. The van der Waals surface area contributed by atoms with E-state index >= 15 is 0 Å². The zero-order valence-corrected chi connectivity index (χ0v) is 14.1. The van der Waals surface area contributed by atoms with E-state index < -0.39 is 23.7 Å². The molecule has 0 spiro atoms. The van der Waals surface area contributed by atoms with Crippen LogP contribution < -0.4 is 10.6 Å². The molecule has 3 rings (SSSR count). The first kappa shape index (κ1) is 18.6. The Labute approximate surface area is 153 Å². The average Bonchev–Trinajstić information content (AvgIpc) is 2.99. The topological polar surface area (TPSA) is 70.6 Å². The number of amides is 2. The summed E-state index contributed by atoms with van der Waals surface area (Å²) in [5.41, 5.74) is -2.21. The van der Waals surface area contributed by atoms with Gasteiger partial charge in [0.1, 0.15) is 5.84 Å². The number of nitrogens with zero attached hydrogens (tertiary/aromatic N) is 1. The third-order valence-electron chi connectivity index (χ3n) is 4.10. The van der Waals surface area contributed by atoms with Crippen molar-refractivity contribution in [3.8, 4) is 0 Å². The molecule has 0 radical (unpaired) electrons. The number of carbonyl (C=O) groups is 2. The molecule has 1 heterocycles. The smallest absolute Gasteiger partial charge is 0.316 e. The van der Waals surface area contributed by atoms with Gasteiger partial charge >= 0.3 is 11.8 Å². The summed E-state index contributed by atoms with van der Waals surface area (Å²) in [4.78, 5) is 27.9. The molecule has 140 valence electrons. The first-order valence-corrected chi connectivity index (χ1v) is 8.20. The summed E-state index contributed by atoms with van der Waals surface area (Å²) in [6, 6.07) is 16.8. The highest BCUT2D eigenvalue weighted by Gasteiger charge is 2.65. The predicted molar refractivity (Wildman–Crippen MR) is 92.8 cm³/mol. The van der Waals surface area contributed by atoms with E-state index in [-0.39, 0.29) is 18.7 Å². The lowest BCUT2D eigenvalue weighted by Gasteiger charge is -2.27. The van der Waals surface area contributed by atoms with Crippen molar-refractivity contribution in [2.24, 2.45) is 4.99 Å². The first-order chi connectivity index (χ1) is 12.8. The fourth-order valence-electron chi connectivity index (χ4n) is 2.69. The van der Waals surface area contributed by atoms with Gasteiger partial charge in [-0.3, -0.25) is 9.59 Å². The SMILES string of the molecule is O=C(CCc1ccccc1)N[C@]1(C(F)(F)F)N=C(c2ccccc2)NC1=O. The van der Waals surface area contributed by atoms with Crippen LogP contribution in [0.2, 0.25) is 0 Å². The van der Waals surface area contributed by atoms with E-state index in [2.05, 4.69) is 10.3 Å². The van der Waals surface area contributed by atoms with Gasteiger partial charge in [-0.15, -0.1) is 0 Å². The summed E-state index contributed by atoms with van der Waals surface area (Å²) in [6.45, 7) is 0. The van der Waals surface area contributed by atoms with Crippen molar-refractivity contribution < 1.29 is 22.8 Å².